The van der Waals surface area contributed by atoms with E-state index in [0.29, 0.717) is 18.1 Å². The molecule has 0 spiro atoms. The highest BCUT2D eigenvalue weighted by atomic mass is 16.5. The number of aromatic amines is 1. The minimum Gasteiger partial charge on any atom is -0.378 e. The van der Waals surface area contributed by atoms with Crippen molar-refractivity contribution in [2.24, 2.45) is 0 Å². The van der Waals surface area contributed by atoms with Crippen LogP contribution in [-0.2, 0) is 17.8 Å². The smallest absolute Gasteiger partial charge is 0.251 e. The van der Waals surface area contributed by atoms with E-state index in [9.17, 15) is 4.79 Å². The van der Waals surface area contributed by atoms with Gasteiger partial charge in [0.1, 0.15) is 5.82 Å². The van der Waals surface area contributed by atoms with Gasteiger partial charge in [0.05, 0.1) is 12.3 Å². The number of hydrogen-bond acceptors (Lipinski definition) is 4. The van der Waals surface area contributed by atoms with Crippen LogP contribution in [-0.4, -0.2) is 42.6 Å². The highest BCUT2D eigenvalue weighted by Crippen LogP contribution is 1.95. The van der Waals surface area contributed by atoms with E-state index in [2.05, 4.69) is 9.97 Å². The van der Waals surface area contributed by atoms with E-state index in [4.69, 9.17) is 4.74 Å². The van der Waals surface area contributed by atoms with Gasteiger partial charge in [-0.1, -0.05) is 0 Å². The summed E-state index contributed by atoms with van der Waals surface area (Å²) in [6.07, 6.45) is 0.736. The first kappa shape index (κ1) is 11.9. The average molecular weight is 211 g/mol. The maximum atomic E-state index is 11.3. The number of hydrogen-bond donors (Lipinski definition) is 1. The Hall–Kier alpha value is -1.20. The zero-order valence-electron chi connectivity index (χ0n) is 9.41. The lowest BCUT2D eigenvalue weighted by Gasteiger charge is -2.09. The van der Waals surface area contributed by atoms with Crippen LogP contribution in [0.1, 0.15) is 11.5 Å². The van der Waals surface area contributed by atoms with Crippen LogP contribution in [0.25, 0.3) is 0 Å². The Labute approximate surface area is 89.1 Å². The van der Waals surface area contributed by atoms with Crippen LogP contribution in [0.5, 0.6) is 0 Å². The highest BCUT2D eigenvalue weighted by Gasteiger charge is 2.01. The molecular formula is C10H17N3O2. The number of H-pyrrole nitrogens is 1. The highest BCUT2D eigenvalue weighted by molar-refractivity contribution is 5.02. The Bertz CT molecular complexity index is 360. The number of nitrogens with one attached hydrogen (secondary N) is 1. The Balaban J connectivity index is 2.75. The molecule has 0 unspecified atom stereocenters. The van der Waals surface area contributed by atoms with Crippen LogP contribution < -0.4 is 5.56 Å². The van der Waals surface area contributed by atoms with Gasteiger partial charge in [0, 0.05) is 26.1 Å². The largest absolute Gasteiger partial charge is 0.378 e. The topological polar surface area (TPSA) is 58.2 Å². The van der Waals surface area contributed by atoms with E-state index in [0.717, 1.165) is 13.0 Å². The fourth-order valence-electron chi connectivity index (χ4n) is 1.23. The minimum atomic E-state index is -0.120. The van der Waals surface area contributed by atoms with Crippen molar-refractivity contribution < 1.29 is 4.74 Å². The van der Waals surface area contributed by atoms with Crippen molar-refractivity contribution in [2.75, 3.05) is 27.7 Å². The van der Waals surface area contributed by atoms with Crippen LogP contribution in [0.2, 0.25) is 0 Å². The lowest BCUT2D eigenvalue weighted by molar-refractivity contribution is 0.181. The molecule has 1 aromatic rings. The molecule has 0 aromatic carbocycles. The quantitative estimate of drug-likeness (QED) is 0.746. The van der Waals surface area contributed by atoms with Gasteiger partial charge in [-0.2, -0.15) is 0 Å². The number of rotatable bonds is 5. The van der Waals surface area contributed by atoms with Gasteiger partial charge < -0.3 is 14.6 Å². The Morgan fingerprint density at radius 3 is 2.87 bits per heavy atom. The van der Waals surface area contributed by atoms with Gasteiger partial charge in [0.25, 0.3) is 5.56 Å². The molecule has 84 valence electrons. The fraction of sp³-hybridized carbons (Fsp3) is 0.600. The van der Waals surface area contributed by atoms with Crippen LogP contribution >= 0.6 is 0 Å². The molecule has 0 aliphatic heterocycles. The normalized spacial score (nSPS) is 10.9. The van der Waals surface area contributed by atoms with E-state index >= 15 is 0 Å². The molecule has 15 heavy (non-hydrogen) atoms. The van der Waals surface area contributed by atoms with Crippen molar-refractivity contribution in [1.29, 1.82) is 0 Å². The summed E-state index contributed by atoms with van der Waals surface area (Å²) in [5.41, 5.74) is 0.556. The SMILES string of the molecule is COCc1cc(=O)[nH]c(CCN(C)C)n1. The van der Waals surface area contributed by atoms with Crippen molar-refractivity contribution >= 4 is 0 Å². The zero-order valence-corrected chi connectivity index (χ0v) is 9.41. The molecule has 0 atom stereocenters. The summed E-state index contributed by atoms with van der Waals surface area (Å²) in [5, 5.41) is 0. The number of nitrogens with zero attached hydrogens (tertiary/aromatic N) is 2. The molecule has 0 radical (unpaired) electrons. The minimum absolute atomic E-state index is 0.120. The molecule has 0 saturated heterocycles. The first-order valence-electron chi connectivity index (χ1n) is 4.84. The molecule has 1 aromatic heterocycles. The first-order valence-corrected chi connectivity index (χ1v) is 4.84. The molecule has 1 rings (SSSR count). The Morgan fingerprint density at radius 2 is 2.27 bits per heavy atom. The second-order valence-corrected chi connectivity index (χ2v) is 3.67. The Morgan fingerprint density at radius 1 is 1.53 bits per heavy atom. The molecule has 0 fully saturated rings. The third-order valence-corrected chi connectivity index (χ3v) is 1.93. The third kappa shape index (κ3) is 4.22. The predicted octanol–water partition coefficient (Wildman–Crippen LogP) is 0.0204. The second-order valence-electron chi connectivity index (χ2n) is 3.67. The van der Waals surface area contributed by atoms with Crippen molar-refractivity contribution in [3.63, 3.8) is 0 Å². The van der Waals surface area contributed by atoms with Gasteiger partial charge in [-0.05, 0) is 14.1 Å². The van der Waals surface area contributed by atoms with Crippen molar-refractivity contribution in [1.82, 2.24) is 14.9 Å². The third-order valence-electron chi connectivity index (χ3n) is 1.93. The van der Waals surface area contributed by atoms with E-state index in [-0.39, 0.29) is 5.56 Å². The number of aromatic nitrogens is 2. The summed E-state index contributed by atoms with van der Waals surface area (Å²) in [4.78, 5) is 20.3. The van der Waals surface area contributed by atoms with Crippen molar-refractivity contribution in [3.8, 4) is 0 Å². The summed E-state index contributed by atoms with van der Waals surface area (Å²) in [6, 6.07) is 1.46. The lowest BCUT2D eigenvalue weighted by atomic mass is 10.3. The van der Waals surface area contributed by atoms with Crippen LogP contribution in [0.4, 0.5) is 0 Å². The fourth-order valence-corrected chi connectivity index (χ4v) is 1.23. The van der Waals surface area contributed by atoms with E-state index < -0.39 is 0 Å². The summed E-state index contributed by atoms with van der Waals surface area (Å²) in [6.45, 7) is 1.23. The number of likely N-dealkylation sites (N-methyl/N-ethyl adjacent to an activating group) is 1. The molecule has 1 N–H and O–H groups in total. The van der Waals surface area contributed by atoms with Crippen molar-refractivity contribution in [3.05, 3.63) is 27.9 Å². The standard InChI is InChI=1S/C10H17N3O2/c1-13(2)5-4-9-11-8(7-15-3)6-10(14)12-9/h6H,4-5,7H2,1-3H3,(H,11,12,14). The molecular weight excluding hydrogens is 194 g/mol. The predicted molar refractivity (Wildman–Crippen MR) is 57.8 cm³/mol. The molecule has 0 aliphatic carbocycles. The molecule has 0 saturated carbocycles. The molecule has 5 heteroatoms. The van der Waals surface area contributed by atoms with Gasteiger partial charge in [-0.15, -0.1) is 0 Å². The van der Waals surface area contributed by atoms with Crippen LogP contribution in [0, 0.1) is 0 Å². The maximum Gasteiger partial charge on any atom is 0.251 e. The summed E-state index contributed by atoms with van der Waals surface area (Å²) in [7, 11) is 5.55. The van der Waals surface area contributed by atoms with Gasteiger partial charge in [0.15, 0.2) is 0 Å². The van der Waals surface area contributed by atoms with Crippen LogP contribution in [0.3, 0.4) is 0 Å². The Kier molecular flexibility index (Phi) is 4.45. The lowest BCUT2D eigenvalue weighted by Crippen LogP contribution is -2.19. The molecule has 0 amide bonds. The van der Waals surface area contributed by atoms with Gasteiger partial charge in [-0.25, -0.2) is 4.98 Å². The first-order chi connectivity index (χ1) is 7.11. The number of ether oxygens (including phenoxy) is 1. The van der Waals surface area contributed by atoms with E-state index in [1.807, 2.05) is 19.0 Å². The molecule has 5 nitrogen and oxygen atoms in total. The molecule has 0 bridgehead atoms. The van der Waals surface area contributed by atoms with Crippen LogP contribution in [0.15, 0.2) is 10.9 Å². The molecule has 0 aliphatic rings. The van der Waals surface area contributed by atoms with Gasteiger partial charge >= 0.3 is 0 Å². The number of methoxy groups -OCH3 is 1. The summed E-state index contributed by atoms with van der Waals surface area (Å²) in [5.74, 6) is 0.711. The van der Waals surface area contributed by atoms with E-state index in [1.54, 1.807) is 7.11 Å². The van der Waals surface area contributed by atoms with Gasteiger partial charge in [0.2, 0.25) is 0 Å². The second kappa shape index (κ2) is 5.63. The monoisotopic (exact) mass is 211 g/mol. The summed E-state index contributed by atoms with van der Waals surface area (Å²) < 4.78 is 4.94. The maximum absolute atomic E-state index is 11.3. The molecule has 1 heterocycles. The van der Waals surface area contributed by atoms with E-state index in [1.165, 1.54) is 6.07 Å². The zero-order chi connectivity index (χ0) is 11.3. The average Bonchev–Trinajstić information content (AvgIpc) is 2.14. The van der Waals surface area contributed by atoms with Crippen molar-refractivity contribution in [2.45, 2.75) is 13.0 Å². The summed E-state index contributed by atoms with van der Waals surface area (Å²) >= 11 is 0. The van der Waals surface area contributed by atoms with Gasteiger partial charge in [-0.3, -0.25) is 4.79 Å².